The number of amides is 2. The fraction of sp³-hybridized carbons (Fsp3) is 0.308. The number of carbonyl (C=O) groups excluding carboxylic acids is 4. The normalized spacial score (nSPS) is 16.0. The quantitative estimate of drug-likeness (QED) is 0.0906. The van der Waals surface area contributed by atoms with Crippen LogP contribution in [0.1, 0.15) is 22.3 Å². The van der Waals surface area contributed by atoms with Crippen molar-refractivity contribution in [1.29, 1.82) is 0 Å². The molecule has 2 fully saturated rings. The minimum absolute atomic E-state index is 0.167. The van der Waals surface area contributed by atoms with Gasteiger partial charge in [-0.15, -0.1) is 0 Å². The Bertz CT molecular complexity index is 2350. The number of likely N-dealkylation sites (tertiary alicyclic amines) is 2. The lowest BCUT2D eigenvalue weighted by molar-refractivity contribution is -0.151. The molecule has 370 valence electrons. The summed E-state index contributed by atoms with van der Waals surface area (Å²) in [6.07, 6.45) is 6.37. The number of ether oxygens (including phenoxy) is 12. The molecule has 2 amide bonds. The molecule has 2 heterocycles. The van der Waals surface area contributed by atoms with E-state index in [9.17, 15) is 19.2 Å². The molecule has 18 nitrogen and oxygen atoms in total. The molecule has 2 aliphatic rings. The smallest absolute Gasteiger partial charge is 0.312 e. The standard InChI is InChI=1S/C52H56N2O16/c1-59-37-17-29(18-38(60-2)47(37)67-9)13-33-25-53(26-34(45(33)55)14-30-19-39(61-3)48(68-10)40(20-30)62-4)51(57)52(58)54-27-35(15-31-21-41(63-5)49(69-11)42(22-31)64-6)46(56)36(28-54)16-32-23-43(65-7)50(70-12)44(24-32)66-8/h13-24H,25-28H2,1-12H3/b33-13+,34-14+,35-15+,36-16+. The highest BCUT2D eigenvalue weighted by Gasteiger charge is 2.38. The number of benzene rings is 4. The van der Waals surface area contributed by atoms with Crippen molar-refractivity contribution in [3.05, 3.63) is 93.1 Å². The van der Waals surface area contributed by atoms with Crippen molar-refractivity contribution in [2.24, 2.45) is 0 Å². The second kappa shape index (κ2) is 22.7. The summed E-state index contributed by atoms with van der Waals surface area (Å²) < 4.78 is 66.6. The number of piperidine rings is 2. The lowest BCUT2D eigenvalue weighted by atomic mass is 9.93. The highest BCUT2D eigenvalue weighted by molar-refractivity contribution is 6.36. The molecule has 0 bridgehead atoms. The summed E-state index contributed by atoms with van der Waals surface area (Å²) in [5, 5.41) is 0. The number of nitrogens with zero attached hydrogens (tertiary/aromatic N) is 2. The second-order valence-electron chi connectivity index (χ2n) is 15.5. The summed E-state index contributed by atoms with van der Waals surface area (Å²) in [6.45, 7) is -1.05. The Labute approximate surface area is 406 Å². The zero-order valence-electron chi connectivity index (χ0n) is 41.2. The van der Waals surface area contributed by atoms with Crippen molar-refractivity contribution < 1.29 is 76.0 Å². The van der Waals surface area contributed by atoms with Gasteiger partial charge in [-0.05, 0) is 95.1 Å². The van der Waals surface area contributed by atoms with Gasteiger partial charge in [0.25, 0.3) is 0 Å². The highest BCUT2D eigenvalue weighted by Crippen LogP contribution is 2.43. The van der Waals surface area contributed by atoms with Gasteiger partial charge in [0.1, 0.15) is 0 Å². The molecule has 0 aromatic heterocycles. The topological polar surface area (TPSA) is 186 Å². The average molecular weight is 965 g/mol. The number of hydrogen-bond acceptors (Lipinski definition) is 16. The summed E-state index contributed by atoms with van der Waals surface area (Å²) in [7, 11) is 17.6. The Balaban J connectivity index is 1.47. The summed E-state index contributed by atoms with van der Waals surface area (Å²) >= 11 is 0. The van der Waals surface area contributed by atoms with Gasteiger partial charge in [-0.2, -0.15) is 0 Å². The Hall–Kier alpha value is -8.28. The predicted octanol–water partition coefficient (Wildman–Crippen LogP) is 6.25. The van der Waals surface area contributed by atoms with Crippen molar-refractivity contribution in [2.75, 3.05) is 111 Å². The van der Waals surface area contributed by atoms with Gasteiger partial charge in [-0.25, -0.2) is 0 Å². The van der Waals surface area contributed by atoms with Crippen LogP contribution in [0.5, 0.6) is 69.0 Å². The molecule has 2 saturated heterocycles. The van der Waals surface area contributed by atoms with E-state index in [-0.39, 0.29) is 48.5 Å². The van der Waals surface area contributed by atoms with E-state index >= 15 is 0 Å². The van der Waals surface area contributed by atoms with Gasteiger partial charge in [-0.1, -0.05) is 0 Å². The zero-order chi connectivity index (χ0) is 50.8. The number of ketones is 2. The zero-order valence-corrected chi connectivity index (χ0v) is 41.2. The van der Waals surface area contributed by atoms with Crippen molar-refractivity contribution >= 4 is 47.7 Å². The molecule has 0 spiro atoms. The first kappa shape index (κ1) is 51.1. The van der Waals surface area contributed by atoms with Crippen LogP contribution in [-0.4, -0.2) is 145 Å². The lowest BCUT2D eigenvalue weighted by Crippen LogP contribution is -2.52. The van der Waals surface area contributed by atoms with Crippen LogP contribution in [0, 0.1) is 0 Å². The molecule has 0 unspecified atom stereocenters. The lowest BCUT2D eigenvalue weighted by Gasteiger charge is -2.34. The number of carbonyl (C=O) groups is 4. The third kappa shape index (κ3) is 10.5. The Morgan fingerprint density at radius 3 is 0.643 bits per heavy atom. The van der Waals surface area contributed by atoms with E-state index in [0.717, 1.165) is 0 Å². The van der Waals surface area contributed by atoms with E-state index in [1.807, 2.05) is 0 Å². The molecule has 2 aliphatic heterocycles. The van der Waals surface area contributed by atoms with Gasteiger partial charge in [0.05, 0.1) is 111 Å². The molecule has 0 N–H and O–H groups in total. The third-order valence-corrected chi connectivity index (χ3v) is 11.5. The van der Waals surface area contributed by atoms with Crippen LogP contribution in [0.3, 0.4) is 0 Å². The van der Waals surface area contributed by atoms with Crippen LogP contribution in [0.25, 0.3) is 24.3 Å². The maximum atomic E-state index is 14.8. The minimum Gasteiger partial charge on any atom is -0.493 e. The summed E-state index contributed by atoms with van der Waals surface area (Å²) in [6, 6.07) is 13.3. The van der Waals surface area contributed by atoms with Gasteiger partial charge in [0, 0.05) is 22.3 Å². The average Bonchev–Trinajstić information content (AvgIpc) is 3.38. The van der Waals surface area contributed by atoms with Crippen LogP contribution in [0.4, 0.5) is 0 Å². The van der Waals surface area contributed by atoms with Crippen molar-refractivity contribution in [1.82, 2.24) is 9.80 Å². The Morgan fingerprint density at radius 2 is 0.500 bits per heavy atom. The van der Waals surface area contributed by atoms with Gasteiger partial charge < -0.3 is 66.6 Å². The number of rotatable bonds is 16. The molecule has 0 radical (unpaired) electrons. The molecule has 6 rings (SSSR count). The third-order valence-electron chi connectivity index (χ3n) is 11.5. The largest absolute Gasteiger partial charge is 0.493 e. The van der Waals surface area contributed by atoms with E-state index in [4.69, 9.17) is 56.8 Å². The van der Waals surface area contributed by atoms with Crippen LogP contribution in [-0.2, 0) is 19.2 Å². The van der Waals surface area contributed by atoms with Gasteiger partial charge in [0.15, 0.2) is 57.6 Å². The maximum absolute atomic E-state index is 14.8. The SMILES string of the molecule is COc1cc(/C=C2\CN(C(=O)C(=O)N3C/C(=C\c4cc(OC)c(OC)c(OC)c4)C(=O)/C(=C/c4cc(OC)c(OC)c(OC)c4)C3)C/C(=C\c3cc(OC)c(OC)c(OC)c3)C2=O)cc(OC)c1OC. The monoisotopic (exact) mass is 964 g/mol. The Kier molecular flexibility index (Phi) is 16.6. The van der Waals surface area contributed by atoms with E-state index in [1.165, 1.54) is 95.1 Å². The second-order valence-corrected chi connectivity index (χ2v) is 15.5. The molecule has 18 heteroatoms. The summed E-state index contributed by atoms with van der Waals surface area (Å²) in [5.41, 5.74) is 2.62. The van der Waals surface area contributed by atoms with Gasteiger partial charge >= 0.3 is 11.8 Å². The molecule has 0 atom stereocenters. The Morgan fingerprint density at radius 1 is 0.329 bits per heavy atom. The molecule has 0 aliphatic carbocycles. The van der Waals surface area contributed by atoms with E-state index < -0.39 is 23.4 Å². The van der Waals surface area contributed by atoms with Crippen molar-refractivity contribution in [2.45, 2.75) is 0 Å². The molecule has 4 aromatic rings. The molecule has 0 saturated carbocycles. The minimum atomic E-state index is -0.937. The molecule has 70 heavy (non-hydrogen) atoms. The number of Topliss-reactive ketones (excluding diaryl/α,β-unsaturated/α-hetero) is 2. The maximum Gasteiger partial charge on any atom is 0.312 e. The number of hydrogen-bond donors (Lipinski definition) is 0. The van der Waals surface area contributed by atoms with Crippen LogP contribution < -0.4 is 56.8 Å². The summed E-state index contributed by atoms with van der Waals surface area (Å²) in [4.78, 5) is 61.2. The first-order chi connectivity index (χ1) is 33.8. The molecule has 4 aromatic carbocycles. The predicted molar refractivity (Wildman–Crippen MR) is 259 cm³/mol. The first-order valence-corrected chi connectivity index (χ1v) is 21.5. The number of methoxy groups -OCH3 is 12. The first-order valence-electron chi connectivity index (χ1n) is 21.5. The van der Waals surface area contributed by atoms with Crippen LogP contribution in [0.2, 0.25) is 0 Å². The van der Waals surface area contributed by atoms with E-state index in [1.54, 1.807) is 72.8 Å². The van der Waals surface area contributed by atoms with E-state index in [2.05, 4.69) is 0 Å². The molecular formula is C52H56N2O16. The fourth-order valence-electron chi connectivity index (χ4n) is 8.18. The van der Waals surface area contributed by atoms with Crippen molar-refractivity contribution in [3.8, 4) is 69.0 Å². The van der Waals surface area contributed by atoms with E-state index in [0.29, 0.717) is 91.2 Å². The highest BCUT2D eigenvalue weighted by atomic mass is 16.5. The summed E-state index contributed by atoms with van der Waals surface area (Å²) in [5.74, 6) is 1.34. The fourth-order valence-corrected chi connectivity index (χ4v) is 8.18. The van der Waals surface area contributed by atoms with Gasteiger partial charge in [-0.3, -0.25) is 19.2 Å². The van der Waals surface area contributed by atoms with Crippen LogP contribution in [0.15, 0.2) is 70.8 Å². The van der Waals surface area contributed by atoms with Crippen LogP contribution >= 0.6 is 0 Å². The molecular weight excluding hydrogens is 909 g/mol. The van der Waals surface area contributed by atoms with Gasteiger partial charge in [0.2, 0.25) is 23.0 Å². The van der Waals surface area contributed by atoms with Crippen molar-refractivity contribution in [3.63, 3.8) is 0 Å².